The Morgan fingerprint density at radius 3 is 3.12 bits per heavy atom. The predicted octanol–water partition coefficient (Wildman–Crippen LogP) is 1.23. The van der Waals surface area contributed by atoms with E-state index in [9.17, 15) is 9.59 Å². The number of aromatic amines is 1. The molecule has 0 aromatic carbocycles. The summed E-state index contributed by atoms with van der Waals surface area (Å²) in [5.74, 6) is -0.435. The average molecular weight is 329 g/mol. The molecule has 0 aliphatic carbocycles. The third-order valence-electron chi connectivity index (χ3n) is 4.27. The lowest BCUT2D eigenvalue weighted by Crippen LogP contribution is -2.39. The van der Waals surface area contributed by atoms with Gasteiger partial charge in [-0.2, -0.15) is 0 Å². The summed E-state index contributed by atoms with van der Waals surface area (Å²) in [4.78, 5) is 29.8. The molecule has 1 saturated heterocycles. The van der Waals surface area contributed by atoms with Crippen LogP contribution in [0.5, 0.6) is 0 Å². The topological polar surface area (TPSA) is 118 Å². The lowest BCUT2D eigenvalue weighted by Gasteiger charge is -2.31. The molecular weight excluding hydrogens is 314 g/mol. The van der Waals surface area contributed by atoms with E-state index in [1.165, 1.54) is 6.20 Å². The summed E-state index contributed by atoms with van der Waals surface area (Å²) in [7, 11) is 0. The second kappa shape index (κ2) is 5.59. The van der Waals surface area contributed by atoms with E-state index in [4.69, 9.17) is 8.94 Å². The number of aromatic nitrogens is 4. The maximum atomic E-state index is 12.8. The van der Waals surface area contributed by atoms with Gasteiger partial charge >= 0.3 is 5.76 Å². The lowest BCUT2D eigenvalue weighted by molar-refractivity contribution is 0.0697. The van der Waals surface area contributed by atoms with Crippen LogP contribution in [-0.4, -0.2) is 44.2 Å². The number of aryl methyl sites for hydroxylation is 1. The van der Waals surface area contributed by atoms with Gasteiger partial charge in [0, 0.05) is 19.3 Å². The first-order chi connectivity index (χ1) is 11.6. The number of nitrogens with zero attached hydrogens (tertiary/aromatic N) is 4. The van der Waals surface area contributed by atoms with E-state index in [-0.39, 0.29) is 11.8 Å². The van der Waals surface area contributed by atoms with Gasteiger partial charge in [0.2, 0.25) is 5.89 Å². The molecule has 1 amide bonds. The zero-order valence-electron chi connectivity index (χ0n) is 13.0. The summed E-state index contributed by atoms with van der Waals surface area (Å²) >= 11 is 0. The average Bonchev–Trinajstić information content (AvgIpc) is 3.20. The number of carbonyl (C=O) groups excluding carboxylic acids is 1. The predicted molar refractivity (Wildman–Crippen MR) is 81.5 cm³/mol. The number of hydrogen-bond donors (Lipinski definition) is 1. The molecule has 0 bridgehead atoms. The fraction of sp³-hybridized carbons (Fsp3) is 0.400. The van der Waals surface area contributed by atoms with E-state index in [0.717, 1.165) is 18.2 Å². The number of pyridine rings is 1. The standard InChI is InChI=1S/C15H15N5O4/c1-8-11-5-10(6-16-13(11)24-19-8)14(21)20-4-2-3-9(7-20)12-17-18-15(22)23-12/h5-6,9H,2-4,7H2,1H3,(H,18,22). The van der Waals surface area contributed by atoms with Crippen LogP contribution in [-0.2, 0) is 0 Å². The number of likely N-dealkylation sites (tertiary alicyclic amines) is 1. The first-order valence-corrected chi connectivity index (χ1v) is 7.68. The molecule has 3 aromatic rings. The Balaban J connectivity index is 1.58. The molecular formula is C15H15N5O4. The molecule has 24 heavy (non-hydrogen) atoms. The van der Waals surface area contributed by atoms with E-state index in [1.807, 2.05) is 0 Å². The number of nitrogens with one attached hydrogen (secondary N) is 1. The highest BCUT2D eigenvalue weighted by Crippen LogP contribution is 2.26. The highest BCUT2D eigenvalue weighted by atomic mass is 16.5. The number of carbonyl (C=O) groups is 1. The van der Waals surface area contributed by atoms with Gasteiger partial charge in [-0.15, -0.1) is 5.10 Å². The normalized spacial score (nSPS) is 18.2. The van der Waals surface area contributed by atoms with Crippen molar-refractivity contribution in [3.05, 3.63) is 40.0 Å². The summed E-state index contributed by atoms with van der Waals surface area (Å²) in [5.41, 5.74) is 1.60. The Bertz CT molecular complexity index is 956. The molecule has 1 N–H and O–H groups in total. The van der Waals surface area contributed by atoms with Gasteiger partial charge in [0.15, 0.2) is 0 Å². The van der Waals surface area contributed by atoms with Gasteiger partial charge < -0.3 is 13.8 Å². The molecule has 3 aromatic heterocycles. The largest absolute Gasteiger partial charge is 0.434 e. The molecule has 1 unspecified atom stereocenters. The van der Waals surface area contributed by atoms with Gasteiger partial charge in [-0.25, -0.2) is 14.9 Å². The van der Waals surface area contributed by atoms with E-state index < -0.39 is 5.76 Å². The summed E-state index contributed by atoms with van der Waals surface area (Å²) in [5, 5.41) is 10.7. The van der Waals surface area contributed by atoms with Crippen LogP contribution in [0.15, 0.2) is 26.0 Å². The Labute approximate surface area is 135 Å². The fourth-order valence-electron chi connectivity index (χ4n) is 3.02. The Kier molecular flexibility index (Phi) is 3.40. The van der Waals surface area contributed by atoms with Gasteiger partial charge in [-0.3, -0.25) is 4.79 Å². The number of fused-ring (bicyclic) bond motifs is 1. The van der Waals surface area contributed by atoms with Crippen molar-refractivity contribution in [1.82, 2.24) is 25.2 Å². The maximum Gasteiger partial charge on any atom is 0.434 e. The van der Waals surface area contributed by atoms with Gasteiger partial charge in [-0.05, 0) is 25.8 Å². The van der Waals surface area contributed by atoms with Crippen LogP contribution < -0.4 is 5.76 Å². The summed E-state index contributed by atoms with van der Waals surface area (Å²) in [6.45, 7) is 2.90. The van der Waals surface area contributed by atoms with Crippen molar-refractivity contribution in [1.29, 1.82) is 0 Å². The first kappa shape index (κ1) is 14.6. The summed E-state index contributed by atoms with van der Waals surface area (Å²) in [6.07, 6.45) is 3.13. The van der Waals surface area contributed by atoms with E-state index >= 15 is 0 Å². The van der Waals surface area contributed by atoms with Gasteiger partial charge in [0.05, 0.1) is 22.6 Å². The van der Waals surface area contributed by atoms with Crippen LogP contribution in [0.1, 0.15) is 40.7 Å². The number of piperidine rings is 1. The number of hydrogen-bond acceptors (Lipinski definition) is 7. The molecule has 0 spiro atoms. The summed E-state index contributed by atoms with van der Waals surface area (Å²) in [6, 6.07) is 1.74. The highest BCUT2D eigenvalue weighted by molar-refractivity contribution is 5.97. The molecule has 0 saturated carbocycles. The zero-order chi connectivity index (χ0) is 16.7. The second-order valence-electron chi connectivity index (χ2n) is 5.89. The van der Waals surface area contributed by atoms with Crippen molar-refractivity contribution in [3.63, 3.8) is 0 Å². The minimum atomic E-state index is -0.578. The van der Waals surface area contributed by atoms with Gasteiger partial charge in [-0.1, -0.05) is 5.16 Å². The van der Waals surface area contributed by atoms with Crippen molar-refractivity contribution in [2.24, 2.45) is 0 Å². The van der Waals surface area contributed by atoms with Crippen LogP contribution in [0, 0.1) is 6.92 Å². The number of rotatable bonds is 2. The first-order valence-electron chi connectivity index (χ1n) is 7.68. The van der Waals surface area contributed by atoms with Crippen LogP contribution in [0.25, 0.3) is 11.1 Å². The van der Waals surface area contributed by atoms with Crippen LogP contribution in [0.3, 0.4) is 0 Å². The van der Waals surface area contributed by atoms with Crippen LogP contribution >= 0.6 is 0 Å². The van der Waals surface area contributed by atoms with Crippen LogP contribution in [0.4, 0.5) is 0 Å². The Hall–Kier alpha value is -2.97. The maximum absolute atomic E-state index is 12.8. The van der Waals surface area contributed by atoms with Crippen molar-refractivity contribution in [2.75, 3.05) is 13.1 Å². The van der Waals surface area contributed by atoms with Crippen molar-refractivity contribution >= 4 is 17.0 Å². The van der Waals surface area contributed by atoms with Gasteiger partial charge in [0.25, 0.3) is 11.6 Å². The molecule has 1 aliphatic rings. The molecule has 1 fully saturated rings. The second-order valence-corrected chi connectivity index (χ2v) is 5.89. The summed E-state index contributed by atoms with van der Waals surface area (Å²) < 4.78 is 10.1. The molecule has 4 rings (SSSR count). The molecule has 9 nitrogen and oxygen atoms in total. The van der Waals surface area contributed by atoms with Gasteiger partial charge in [0.1, 0.15) is 0 Å². The Morgan fingerprint density at radius 1 is 1.46 bits per heavy atom. The highest BCUT2D eigenvalue weighted by Gasteiger charge is 2.29. The third kappa shape index (κ3) is 2.47. The van der Waals surface area contributed by atoms with E-state index in [0.29, 0.717) is 36.0 Å². The monoisotopic (exact) mass is 329 g/mol. The lowest BCUT2D eigenvalue weighted by atomic mass is 9.97. The minimum Gasteiger partial charge on any atom is -0.392 e. The molecule has 124 valence electrons. The van der Waals surface area contributed by atoms with Crippen molar-refractivity contribution < 1.29 is 13.7 Å². The van der Waals surface area contributed by atoms with E-state index in [1.54, 1.807) is 17.9 Å². The SMILES string of the molecule is Cc1noc2ncc(C(=O)N3CCCC(c4n[nH]c(=O)o4)C3)cc12. The third-order valence-corrected chi connectivity index (χ3v) is 4.27. The van der Waals surface area contributed by atoms with E-state index in [2.05, 4.69) is 20.3 Å². The molecule has 0 radical (unpaired) electrons. The fourth-order valence-corrected chi connectivity index (χ4v) is 3.02. The smallest absolute Gasteiger partial charge is 0.392 e. The van der Waals surface area contributed by atoms with Crippen molar-refractivity contribution in [3.8, 4) is 0 Å². The Morgan fingerprint density at radius 2 is 2.33 bits per heavy atom. The molecule has 1 atom stereocenters. The number of amides is 1. The van der Waals surface area contributed by atoms with Crippen LogP contribution in [0.2, 0.25) is 0 Å². The quantitative estimate of drug-likeness (QED) is 0.751. The molecule has 4 heterocycles. The zero-order valence-corrected chi connectivity index (χ0v) is 13.0. The van der Waals surface area contributed by atoms with Crippen molar-refractivity contribution in [2.45, 2.75) is 25.7 Å². The number of H-pyrrole nitrogens is 1. The molecule has 1 aliphatic heterocycles. The molecule has 9 heteroatoms. The minimum absolute atomic E-state index is 0.0873.